The molecule has 0 spiro atoms. The third kappa shape index (κ3) is 3.25. The third-order valence-corrected chi connectivity index (χ3v) is 2.50. The molecule has 7 heteroatoms. The van der Waals surface area contributed by atoms with Crippen LogP contribution in [0.25, 0.3) is 0 Å². The van der Waals surface area contributed by atoms with Crippen LogP contribution in [0.1, 0.15) is 5.56 Å². The molecule has 0 unspecified atom stereocenters. The Hall–Kier alpha value is -2.02. The zero-order valence-corrected chi connectivity index (χ0v) is 9.91. The first kappa shape index (κ1) is 13.4. The number of aliphatic hydroxyl groups is 1. The van der Waals surface area contributed by atoms with Crippen molar-refractivity contribution in [3.63, 3.8) is 0 Å². The first-order valence-electron chi connectivity index (χ1n) is 5.60. The molecule has 0 radical (unpaired) electrons. The van der Waals surface area contributed by atoms with Crippen molar-refractivity contribution >= 4 is 5.69 Å². The van der Waals surface area contributed by atoms with Gasteiger partial charge in [0.2, 0.25) is 0 Å². The van der Waals surface area contributed by atoms with Crippen LogP contribution in [0.2, 0.25) is 0 Å². The number of aromatic nitrogens is 2. The van der Waals surface area contributed by atoms with E-state index in [1.165, 1.54) is 10.9 Å². The SMILES string of the molecule is OCCn1cc(NCc2cc(F)c(F)c(F)c2)cn1. The molecule has 0 aliphatic rings. The van der Waals surface area contributed by atoms with Gasteiger partial charge in [-0.25, -0.2) is 13.2 Å². The highest BCUT2D eigenvalue weighted by Crippen LogP contribution is 2.15. The number of hydrogen-bond donors (Lipinski definition) is 2. The van der Waals surface area contributed by atoms with Crippen molar-refractivity contribution in [3.8, 4) is 0 Å². The molecule has 102 valence electrons. The summed E-state index contributed by atoms with van der Waals surface area (Å²) < 4.78 is 40.2. The molecule has 1 aromatic heterocycles. The average Bonchev–Trinajstić information content (AvgIpc) is 2.81. The second-order valence-electron chi connectivity index (χ2n) is 3.94. The molecule has 0 amide bonds. The maximum absolute atomic E-state index is 13.0. The Balaban J connectivity index is 2.01. The van der Waals surface area contributed by atoms with Gasteiger partial charge in [0.1, 0.15) is 0 Å². The van der Waals surface area contributed by atoms with Crippen LogP contribution in [0.4, 0.5) is 18.9 Å². The second kappa shape index (κ2) is 5.75. The minimum absolute atomic E-state index is 0.0322. The fourth-order valence-electron chi connectivity index (χ4n) is 1.59. The van der Waals surface area contributed by atoms with Gasteiger partial charge in [-0.2, -0.15) is 5.10 Å². The maximum Gasteiger partial charge on any atom is 0.194 e. The lowest BCUT2D eigenvalue weighted by Crippen LogP contribution is -2.03. The summed E-state index contributed by atoms with van der Waals surface area (Å²) >= 11 is 0. The molecule has 2 N–H and O–H groups in total. The van der Waals surface area contributed by atoms with E-state index in [9.17, 15) is 13.2 Å². The number of rotatable bonds is 5. The highest BCUT2D eigenvalue weighted by molar-refractivity contribution is 5.39. The molecule has 0 saturated heterocycles. The third-order valence-electron chi connectivity index (χ3n) is 2.50. The number of hydrogen-bond acceptors (Lipinski definition) is 3. The van der Waals surface area contributed by atoms with Crippen molar-refractivity contribution in [2.45, 2.75) is 13.1 Å². The Morgan fingerprint density at radius 2 is 1.89 bits per heavy atom. The fourth-order valence-corrected chi connectivity index (χ4v) is 1.59. The highest BCUT2D eigenvalue weighted by atomic mass is 19.2. The Morgan fingerprint density at radius 3 is 2.53 bits per heavy atom. The lowest BCUT2D eigenvalue weighted by Gasteiger charge is -2.05. The largest absolute Gasteiger partial charge is 0.394 e. The van der Waals surface area contributed by atoms with Gasteiger partial charge in [0.25, 0.3) is 0 Å². The average molecular weight is 271 g/mol. The van der Waals surface area contributed by atoms with Crippen LogP contribution >= 0.6 is 0 Å². The molecule has 0 fully saturated rings. The first-order chi connectivity index (χ1) is 9.10. The number of anilines is 1. The monoisotopic (exact) mass is 271 g/mol. The maximum atomic E-state index is 13.0. The number of aliphatic hydroxyl groups excluding tert-OH is 1. The zero-order chi connectivity index (χ0) is 13.8. The van der Waals surface area contributed by atoms with Crippen molar-refractivity contribution < 1.29 is 18.3 Å². The van der Waals surface area contributed by atoms with E-state index < -0.39 is 17.5 Å². The molecule has 2 rings (SSSR count). The van der Waals surface area contributed by atoms with Crippen LogP contribution in [-0.2, 0) is 13.1 Å². The molecule has 1 aromatic carbocycles. The number of halogens is 3. The molecule has 1 heterocycles. The molecule has 2 aromatic rings. The van der Waals surface area contributed by atoms with Crippen LogP contribution in [0.15, 0.2) is 24.5 Å². The molecular weight excluding hydrogens is 259 g/mol. The van der Waals surface area contributed by atoms with Crippen LogP contribution in [-0.4, -0.2) is 21.5 Å². The molecule has 0 bridgehead atoms. The Labute approximate surface area is 107 Å². The summed E-state index contributed by atoms with van der Waals surface area (Å²) in [6.45, 7) is 0.468. The Bertz CT molecular complexity index is 548. The lowest BCUT2D eigenvalue weighted by atomic mass is 10.2. The van der Waals surface area contributed by atoms with E-state index in [-0.39, 0.29) is 18.7 Å². The predicted molar refractivity (Wildman–Crippen MR) is 63.0 cm³/mol. The lowest BCUT2D eigenvalue weighted by molar-refractivity contribution is 0.269. The molecule has 19 heavy (non-hydrogen) atoms. The normalized spacial score (nSPS) is 10.7. The van der Waals surface area contributed by atoms with E-state index in [1.807, 2.05) is 0 Å². The van der Waals surface area contributed by atoms with Gasteiger partial charge in [0, 0.05) is 12.7 Å². The van der Waals surface area contributed by atoms with Crippen molar-refractivity contribution in [2.75, 3.05) is 11.9 Å². The minimum Gasteiger partial charge on any atom is -0.394 e. The van der Waals surface area contributed by atoms with E-state index >= 15 is 0 Å². The van der Waals surface area contributed by atoms with E-state index in [1.54, 1.807) is 6.20 Å². The van der Waals surface area contributed by atoms with Crippen LogP contribution in [0.3, 0.4) is 0 Å². The number of nitrogens with zero attached hydrogens (tertiary/aromatic N) is 2. The van der Waals surface area contributed by atoms with Gasteiger partial charge >= 0.3 is 0 Å². The molecule has 0 aliphatic carbocycles. The first-order valence-corrected chi connectivity index (χ1v) is 5.60. The smallest absolute Gasteiger partial charge is 0.194 e. The van der Waals surface area contributed by atoms with Crippen molar-refractivity contribution in [1.82, 2.24) is 9.78 Å². The van der Waals surface area contributed by atoms with Gasteiger partial charge in [0.05, 0.1) is 25.0 Å². The molecule has 0 aliphatic heterocycles. The summed E-state index contributed by atoms with van der Waals surface area (Å²) in [6, 6.07) is 1.87. The topological polar surface area (TPSA) is 50.1 Å². The summed E-state index contributed by atoms with van der Waals surface area (Å²) in [5.74, 6) is -3.90. The van der Waals surface area contributed by atoms with Gasteiger partial charge in [-0.3, -0.25) is 4.68 Å². The van der Waals surface area contributed by atoms with E-state index in [0.717, 1.165) is 12.1 Å². The van der Waals surface area contributed by atoms with E-state index in [2.05, 4.69) is 10.4 Å². The van der Waals surface area contributed by atoms with Crippen molar-refractivity contribution in [2.24, 2.45) is 0 Å². The summed E-state index contributed by atoms with van der Waals surface area (Å²) in [5, 5.41) is 15.6. The van der Waals surface area contributed by atoms with Crippen LogP contribution in [0.5, 0.6) is 0 Å². The summed E-state index contributed by atoms with van der Waals surface area (Å²) in [4.78, 5) is 0. The van der Waals surface area contributed by atoms with Gasteiger partial charge in [0.15, 0.2) is 17.5 Å². The Morgan fingerprint density at radius 1 is 1.21 bits per heavy atom. The van der Waals surface area contributed by atoms with Crippen molar-refractivity contribution in [1.29, 1.82) is 0 Å². The Kier molecular flexibility index (Phi) is 4.06. The summed E-state index contributed by atoms with van der Waals surface area (Å²) in [7, 11) is 0. The van der Waals surface area contributed by atoms with Crippen LogP contribution in [0, 0.1) is 17.5 Å². The van der Waals surface area contributed by atoms with E-state index in [4.69, 9.17) is 5.11 Å². The molecule has 4 nitrogen and oxygen atoms in total. The quantitative estimate of drug-likeness (QED) is 0.817. The number of benzene rings is 1. The van der Waals surface area contributed by atoms with Gasteiger partial charge < -0.3 is 10.4 Å². The summed E-state index contributed by atoms with van der Waals surface area (Å²) in [5.41, 5.74) is 0.921. The number of nitrogens with one attached hydrogen (secondary N) is 1. The highest BCUT2D eigenvalue weighted by Gasteiger charge is 2.10. The van der Waals surface area contributed by atoms with Crippen molar-refractivity contribution in [3.05, 3.63) is 47.5 Å². The summed E-state index contributed by atoms with van der Waals surface area (Å²) in [6.07, 6.45) is 3.17. The second-order valence-corrected chi connectivity index (χ2v) is 3.94. The van der Waals surface area contributed by atoms with Gasteiger partial charge in [-0.1, -0.05) is 0 Å². The molecule has 0 saturated carbocycles. The van der Waals surface area contributed by atoms with E-state index in [0.29, 0.717) is 12.2 Å². The standard InChI is InChI=1S/C12H12F3N3O/c13-10-3-8(4-11(14)12(10)15)5-16-9-6-17-18(7-9)1-2-19/h3-4,6-7,16,19H,1-2,5H2. The van der Waals surface area contributed by atoms with Crippen LogP contribution < -0.4 is 5.32 Å². The minimum atomic E-state index is -1.47. The molecule has 0 atom stereocenters. The molecular formula is C12H12F3N3O. The predicted octanol–water partition coefficient (Wildman–Crippen LogP) is 1.90. The van der Waals surface area contributed by atoms with Gasteiger partial charge in [-0.05, 0) is 17.7 Å². The van der Waals surface area contributed by atoms with Gasteiger partial charge in [-0.15, -0.1) is 0 Å². The fraction of sp³-hybridized carbons (Fsp3) is 0.250. The zero-order valence-electron chi connectivity index (χ0n) is 9.91.